The van der Waals surface area contributed by atoms with E-state index >= 15 is 0 Å². The zero-order chi connectivity index (χ0) is 19.5. The van der Waals surface area contributed by atoms with Gasteiger partial charge in [0.05, 0.1) is 6.61 Å². The van der Waals surface area contributed by atoms with Crippen LogP contribution in [0, 0.1) is 0 Å². The maximum atomic E-state index is 11.5. The zero-order valence-electron chi connectivity index (χ0n) is 15.6. The molecule has 1 heterocycles. The van der Waals surface area contributed by atoms with Crippen LogP contribution in [0.4, 0.5) is 0 Å². The van der Waals surface area contributed by atoms with Gasteiger partial charge in [0.15, 0.2) is 0 Å². The Labute approximate surface area is 164 Å². The summed E-state index contributed by atoms with van der Waals surface area (Å²) in [5, 5.41) is 18.3. The number of unbranched alkanes of at least 4 members (excludes halogenated alkanes) is 1. The highest BCUT2D eigenvalue weighted by atomic mass is 16.7. The number of hydrogen-bond acceptors (Lipinski definition) is 4. The van der Waals surface area contributed by atoms with Crippen LogP contribution in [0.15, 0.2) is 54.3 Å². The molecule has 0 bridgehead atoms. The summed E-state index contributed by atoms with van der Waals surface area (Å²) in [5.74, 6) is -1.22. The topological polar surface area (TPSA) is 76.0 Å². The van der Waals surface area contributed by atoms with Gasteiger partial charge in [-0.3, -0.25) is 0 Å². The van der Waals surface area contributed by atoms with Gasteiger partial charge in [0.25, 0.3) is 0 Å². The van der Waals surface area contributed by atoms with E-state index in [4.69, 9.17) is 14.6 Å². The van der Waals surface area contributed by atoms with Gasteiger partial charge >= 0.3 is 5.97 Å². The van der Waals surface area contributed by atoms with E-state index in [0.717, 1.165) is 12.0 Å². The molecule has 0 saturated heterocycles. The Morgan fingerprint density at radius 1 is 1.11 bits per heavy atom. The fourth-order valence-corrected chi connectivity index (χ4v) is 3.97. The van der Waals surface area contributed by atoms with Gasteiger partial charge < -0.3 is 19.7 Å². The molecule has 0 amide bonds. The minimum absolute atomic E-state index is 0.0628. The van der Waals surface area contributed by atoms with Crippen molar-refractivity contribution in [2.75, 3.05) is 13.2 Å². The second-order valence-corrected chi connectivity index (χ2v) is 7.28. The standard InChI is InChI=1S/C23H24O5/c24-9-3-4-10-27-22-14-17(13-21(28-22)23(25)26)15-7-8-20-18(11-15)12-16-5-1-2-6-19(16)20/h1-2,5-8,11,13,17,22,24H,3-4,9-10,12,14H2,(H,25,26)/t17-,22+/m1/s1. The van der Waals surface area contributed by atoms with Crippen molar-refractivity contribution in [2.45, 2.75) is 37.9 Å². The van der Waals surface area contributed by atoms with Crippen molar-refractivity contribution in [1.82, 2.24) is 0 Å². The molecule has 0 unspecified atom stereocenters. The average molecular weight is 380 g/mol. The largest absolute Gasteiger partial charge is 0.475 e. The zero-order valence-corrected chi connectivity index (χ0v) is 15.6. The van der Waals surface area contributed by atoms with Crippen LogP contribution in [-0.2, 0) is 20.7 Å². The number of rotatable bonds is 7. The number of aliphatic hydroxyl groups excluding tert-OH is 1. The number of aliphatic carboxylic acids is 1. The number of hydrogen-bond donors (Lipinski definition) is 2. The Morgan fingerprint density at radius 3 is 2.75 bits per heavy atom. The number of allylic oxidation sites excluding steroid dienone is 1. The number of aliphatic hydroxyl groups is 1. The van der Waals surface area contributed by atoms with E-state index in [1.54, 1.807) is 6.08 Å². The molecule has 28 heavy (non-hydrogen) atoms. The predicted octanol–water partition coefficient (Wildman–Crippen LogP) is 3.85. The molecule has 0 spiro atoms. The highest BCUT2D eigenvalue weighted by Gasteiger charge is 2.29. The van der Waals surface area contributed by atoms with Crippen LogP contribution >= 0.6 is 0 Å². The molecular weight excluding hydrogens is 356 g/mol. The summed E-state index contributed by atoms with van der Waals surface area (Å²) in [6, 6.07) is 14.8. The molecule has 5 heteroatoms. The molecule has 2 atom stereocenters. The molecule has 2 aromatic carbocycles. The Morgan fingerprint density at radius 2 is 1.93 bits per heavy atom. The maximum Gasteiger partial charge on any atom is 0.370 e. The van der Waals surface area contributed by atoms with Crippen LogP contribution in [0.2, 0.25) is 0 Å². The van der Waals surface area contributed by atoms with Crippen molar-refractivity contribution >= 4 is 5.97 Å². The third-order valence-corrected chi connectivity index (χ3v) is 5.37. The molecule has 0 aromatic heterocycles. The third kappa shape index (κ3) is 3.81. The first-order valence-electron chi connectivity index (χ1n) is 9.71. The SMILES string of the molecule is O=C(O)C1=C[C@@H](c2ccc3c(c2)Cc2ccccc2-3)C[C@@H](OCCCCO)O1. The van der Waals surface area contributed by atoms with Crippen LogP contribution in [-0.4, -0.2) is 35.7 Å². The van der Waals surface area contributed by atoms with E-state index in [-0.39, 0.29) is 18.3 Å². The van der Waals surface area contributed by atoms with E-state index < -0.39 is 12.3 Å². The van der Waals surface area contributed by atoms with Gasteiger partial charge in [-0.15, -0.1) is 0 Å². The van der Waals surface area contributed by atoms with Crippen molar-refractivity contribution in [3.63, 3.8) is 0 Å². The lowest BCUT2D eigenvalue weighted by Crippen LogP contribution is -2.27. The van der Waals surface area contributed by atoms with Gasteiger partial charge in [0.2, 0.25) is 12.0 Å². The summed E-state index contributed by atoms with van der Waals surface area (Å²) in [6.45, 7) is 0.555. The minimum Gasteiger partial charge on any atom is -0.475 e. The normalized spacial score (nSPS) is 20.1. The molecule has 0 fully saturated rings. The number of ether oxygens (including phenoxy) is 2. The van der Waals surface area contributed by atoms with Crippen LogP contribution in [0.1, 0.15) is 41.9 Å². The summed E-state index contributed by atoms with van der Waals surface area (Å²) in [4.78, 5) is 11.5. The number of benzene rings is 2. The van der Waals surface area contributed by atoms with E-state index in [1.165, 1.54) is 22.3 Å². The van der Waals surface area contributed by atoms with Crippen LogP contribution in [0.5, 0.6) is 0 Å². The van der Waals surface area contributed by atoms with Crippen LogP contribution < -0.4 is 0 Å². The Kier molecular flexibility index (Phi) is 5.46. The van der Waals surface area contributed by atoms with Crippen molar-refractivity contribution in [3.05, 3.63) is 71.0 Å². The monoisotopic (exact) mass is 380 g/mol. The van der Waals surface area contributed by atoms with Crippen molar-refractivity contribution in [2.24, 2.45) is 0 Å². The van der Waals surface area contributed by atoms with Gasteiger partial charge in [-0.2, -0.15) is 0 Å². The molecule has 2 N–H and O–H groups in total. The summed E-state index contributed by atoms with van der Waals surface area (Å²) < 4.78 is 11.2. The Hall–Kier alpha value is -2.63. The Balaban J connectivity index is 1.55. The highest BCUT2D eigenvalue weighted by molar-refractivity contribution is 5.84. The van der Waals surface area contributed by atoms with E-state index in [1.807, 2.05) is 0 Å². The van der Waals surface area contributed by atoms with Crippen LogP contribution in [0.25, 0.3) is 11.1 Å². The molecule has 1 aliphatic heterocycles. The highest BCUT2D eigenvalue weighted by Crippen LogP contribution is 2.39. The molecule has 5 nitrogen and oxygen atoms in total. The number of carboxylic acid groups (broad SMARTS) is 1. The van der Waals surface area contributed by atoms with Gasteiger partial charge in [-0.05, 0) is 53.2 Å². The molecule has 0 saturated carbocycles. The lowest BCUT2D eigenvalue weighted by Gasteiger charge is -2.28. The molecule has 4 rings (SSSR count). The second kappa shape index (κ2) is 8.17. The summed E-state index contributed by atoms with van der Waals surface area (Å²) in [7, 11) is 0. The van der Waals surface area contributed by atoms with Gasteiger partial charge in [-0.25, -0.2) is 4.79 Å². The fraction of sp³-hybridized carbons (Fsp3) is 0.348. The number of carbonyl (C=O) groups is 1. The number of fused-ring (bicyclic) bond motifs is 3. The van der Waals surface area contributed by atoms with Crippen molar-refractivity contribution < 1.29 is 24.5 Å². The van der Waals surface area contributed by atoms with E-state index in [2.05, 4.69) is 42.5 Å². The molecule has 146 valence electrons. The van der Waals surface area contributed by atoms with Crippen molar-refractivity contribution in [3.8, 4) is 11.1 Å². The maximum absolute atomic E-state index is 11.5. The van der Waals surface area contributed by atoms with E-state index in [9.17, 15) is 9.90 Å². The summed E-state index contributed by atoms with van der Waals surface area (Å²) in [6.07, 6.45) is 3.93. The van der Waals surface area contributed by atoms with Gasteiger partial charge in [0.1, 0.15) is 0 Å². The quantitative estimate of drug-likeness (QED) is 0.609. The first kappa shape index (κ1) is 18.7. The van der Waals surface area contributed by atoms with E-state index in [0.29, 0.717) is 25.9 Å². The van der Waals surface area contributed by atoms with Crippen molar-refractivity contribution in [1.29, 1.82) is 0 Å². The summed E-state index contributed by atoms with van der Waals surface area (Å²) in [5.41, 5.74) is 6.22. The first-order chi connectivity index (χ1) is 13.7. The average Bonchev–Trinajstić information content (AvgIpc) is 3.09. The first-order valence-corrected chi connectivity index (χ1v) is 9.71. The lowest BCUT2D eigenvalue weighted by atomic mass is 9.90. The summed E-state index contributed by atoms with van der Waals surface area (Å²) >= 11 is 0. The minimum atomic E-state index is -1.08. The molecule has 0 radical (unpaired) electrons. The smallest absolute Gasteiger partial charge is 0.370 e. The molecule has 2 aromatic rings. The Bertz CT molecular complexity index is 902. The lowest BCUT2D eigenvalue weighted by molar-refractivity contribution is -0.157. The number of carboxylic acids is 1. The van der Waals surface area contributed by atoms with Crippen LogP contribution in [0.3, 0.4) is 0 Å². The van der Waals surface area contributed by atoms with Gasteiger partial charge in [0, 0.05) is 18.9 Å². The fourth-order valence-electron chi connectivity index (χ4n) is 3.97. The molecule has 1 aliphatic carbocycles. The second-order valence-electron chi connectivity index (χ2n) is 7.28. The van der Waals surface area contributed by atoms with Gasteiger partial charge in [-0.1, -0.05) is 42.5 Å². The molecular formula is C23H24O5. The third-order valence-electron chi connectivity index (χ3n) is 5.37. The predicted molar refractivity (Wildman–Crippen MR) is 105 cm³/mol. The molecule has 2 aliphatic rings.